The van der Waals surface area contributed by atoms with Crippen LogP contribution in [0.25, 0.3) is 6.08 Å². The second kappa shape index (κ2) is 8.44. The second-order valence-corrected chi connectivity index (χ2v) is 7.10. The van der Waals surface area contributed by atoms with Crippen molar-refractivity contribution in [2.24, 2.45) is 5.92 Å². The highest BCUT2D eigenvalue weighted by molar-refractivity contribution is 6.01. The molecule has 1 aromatic carbocycles. The summed E-state index contributed by atoms with van der Waals surface area (Å²) in [6.07, 6.45) is 11.7. The number of ketones is 1. The van der Waals surface area contributed by atoms with Gasteiger partial charge in [-0.2, -0.15) is 0 Å². The van der Waals surface area contributed by atoms with Crippen LogP contribution in [0.4, 0.5) is 0 Å². The second-order valence-electron chi connectivity index (χ2n) is 7.10. The number of nitrogens with zero attached hydrogens (tertiary/aromatic N) is 1. The first-order valence-corrected chi connectivity index (χ1v) is 9.35. The predicted molar refractivity (Wildman–Crippen MR) is 96.3 cm³/mol. The van der Waals surface area contributed by atoms with Crippen molar-refractivity contribution in [3.8, 4) is 0 Å². The Balaban J connectivity index is 1.73. The molecule has 2 fully saturated rings. The Morgan fingerprint density at radius 3 is 2.48 bits per heavy atom. The molecule has 2 nitrogen and oxygen atoms in total. The lowest BCUT2D eigenvalue weighted by molar-refractivity contribution is -0.120. The van der Waals surface area contributed by atoms with Crippen molar-refractivity contribution in [2.75, 3.05) is 19.6 Å². The third-order valence-electron chi connectivity index (χ3n) is 5.25. The minimum atomic E-state index is 0.211. The van der Waals surface area contributed by atoms with Crippen LogP contribution >= 0.6 is 0 Å². The Morgan fingerprint density at radius 2 is 1.70 bits per heavy atom. The standard InChI is InChI=1S/C21H29NO/c23-21-19(16-18-10-4-1-5-11-18)12-6-2-7-13-20(21)17-22-14-8-3-9-15-22/h1,4-5,10-11,16,20H,2-3,6-9,12-15,17H2/b19-16+. The molecule has 1 atom stereocenters. The zero-order valence-corrected chi connectivity index (χ0v) is 14.2. The Labute approximate surface area is 140 Å². The van der Waals surface area contributed by atoms with Crippen LogP contribution < -0.4 is 0 Å². The lowest BCUT2D eigenvalue weighted by Crippen LogP contribution is -2.37. The number of hydrogen-bond acceptors (Lipinski definition) is 2. The van der Waals surface area contributed by atoms with Crippen LogP contribution in [0.5, 0.6) is 0 Å². The van der Waals surface area contributed by atoms with E-state index in [0.29, 0.717) is 5.78 Å². The Morgan fingerprint density at radius 1 is 0.957 bits per heavy atom. The summed E-state index contributed by atoms with van der Waals surface area (Å²) in [6, 6.07) is 10.3. The molecule has 1 unspecified atom stereocenters. The number of benzene rings is 1. The van der Waals surface area contributed by atoms with E-state index in [1.54, 1.807) is 0 Å². The normalized spacial score (nSPS) is 26.0. The molecular formula is C21H29NO. The van der Waals surface area contributed by atoms with Gasteiger partial charge < -0.3 is 4.90 Å². The Kier molecular flexibility index (Phi) is 6.04. The van der Waals surface area contributed by atoms with E-state index in [1.807, 2.05) is 18.2 Å². The average molecular weight is 311 g/mol. The van der Waals surface area contributed by atoms with Gasteiger partial charge >= 0.3 is 0 Å². The third kappa shape index (κ3) is 4.78. The van der Waals surface area contributed by atoms with Gasteiger partial charge in [0.15, 0.2) is 5.78 Å². The number of carbonyl (C=O) groups excluding carboxylic acids is 1. The summed E-state index contributed by atoms with van der Waals surface area (Å²) in [5, 5.41) is 0. The summed E-state index contributed by atoms with van der Waals surface area (Å²) in [5.74, 6) is 0.627. The topological polar surface area (TPSA) is 20.3 Å². The summed E-state index contributed by atoms with van der Waals surface area (Å²) in [5.41, 5.74) is 2.21. The van der Waals surface area contributed by atoms with Crippen molar-refractivity contribution in [3.63, 3.8) is 0 Å². The maximum atomic E-state index is 13.1. The molecule has 124 valence electrons. The van der Waals surface area contributed by atoms with Crippen molar-refractivity contribution in [2.45, 2.75) is 51.4 Å². The number of rotatable bonds is 3. The maximum absolute atomic E-state index is 13.1. The molecule has 2 aliphatic rings. The molecule has 1 saturated heterocycles. The number of carbonyl (C=O) groups is 1. The van der Waals surface area contributed by atoms with Crippen molar-refractivity contribution >= 4 is 11.9 Å². The quantitative estimate of drug-likeness (QED) is 0.754. The van der Waals surface area contributed by atoms with E-state index in [4.69, 9.17) is 0 Å². The molecule has 1 saturated carbocycles. The summed E-state index contributed by atoms with van der Waals surface area (Å²) >= 11 is 0. The molecule has 0 N–H and O–H groups in total. The number of allylic oxidation sites excluding steroid dienone is 1. The third-order valence-corrected chi connectivity index (χ3v) is 5.25. The summed E-state index contributed by atoms with van der Waals surface area (Å²) < 4.78 is 0. The zero-order chi connectivity index (χ0) is 15.9. The molecular weight excluding hydrogens is 282 g/mol. The minimum absolute atomic E-state index is 0.211. The highest BCUT2D eigenvalue weighted by atomic mass is 16.1. The first-order chi connectivity index (χ1) is 11.3. The molecule has 1 aliphatic heterocycles. The maximum Gasteiger partial charge on any atom is 0.163 e. The monoisotopic (exact) mass is 311 g/mol. The largest absolute Gasteiger partial charge is 0.303 e. The lowest BCUT2D eigenvalue weighted by Gasteiger charge is -2.31. The molecule has 1 heterocycles. The fourth-order valence-electron chi connectivity index (χ4n) is 3.92. The van der Waals surface area contributed by atoms with E-state index in [9.17, 15) is 4.79 Å². The number of piperidine rings is 1. The van der Waals surface area contributed by atoms with Crippen molar-refractivity contribution in [1.29, 1.82) is 0 Å². The van der Waals surface area contributed by atoms with E-state index in [1.165, 1.54) is 45.2 Å². The minimum Gasteiger partial charge on any atom is -0.303 e. The highest BCUT2D eigenvalue weighted by Gasteiger charge is 2.26. The van der Waals surface area contributed by atoms with Gasteiger partial charge in [-0.1, -0.05) is 49.6 Å². The molecule has 0 spiro atoms. The molecule has 23 heavy (non-hydrogen) atoms. The molecule has 2 heteroatoms. The average Bonchev–Trinajstić information content (AvgIpc) is 2.59. The molecule has 0 aromatic heterocycles. The first kappa shape index (κ1) is 16.4. The van der Waals surface area contributed by atoms with E-state index < -0.39 is 0 Å². The van der Waals surface area contributed by atoms with E-state index in [-0.39, 0.29) is 5.92 Å². The van der Waals surface area contributed by atoms with Crippen LogP contribution in [-0.2, 0) is 4.79 Å². The van der Waals surface area contributed by atoms with Gasteiger partial charge in [0.25, 0.3) is 0 Å². The van der Waals surface area contributed by atoms with Gasteiger partial charge in [-0.15, -0.1) is 0 Å². The molecule has 3 rings (SSSR count). The van der Waals surface area contributed by atoms with Crippen LogP contribution in [0.15, 0.2) is 35.9 Å². The zero-order valence-electron chi connectivity index (χ0n) is 14.2. The molecule has 1 aromatic rings. The fraction of sp³-hybridized carbons (Fsp3) is 0.571. The van der Waals surface area contributed by atoms with Gasteiger partial charge in [0.2, 0.25) is 0 Å². The first-order valence-electron chi connectivity index (χ1n) is 9.35. The van der Waals surface area contributed by atoms with E-state index in [2.05, 4.69) is 23.1 Å². The summed E-state index contributed by atoms with van der Waals surface area (Å²) in [4.78, 5) is 15.6. The van der Waals surface area contributed by atoms with E-state index in [0.717, 1.165) is 36.9 Å². The van der Waals surface area contributed by atoms with Crippen molar-refractivity contribution < 1.29 is 4.79 Å². The van der Waals surface area contributed by atoms with Gasteiger partial charge in [-0.05, 0) is 62.4 Å². The van der Waals surface area contributed by atoms with Crippen LogP contribution in [0.2, 0.25) is 0 Å². The van der Waals surface area contributed by atoms with Gasteiger partial charge in [0.05, 0.1) is 0 Å². The van der Waals surface area contributed by atoms with Crippen LogP contribution in [0, 0.1) is 5.92 Å². The summed E-state index contributed by atoms with van der Waals surface area (Å²) in [7, 11) is 0. The van der Waals surface area contributed by atoms with Crippen LogP contribution in [0.3, 0.4) is 0 Å². The molecule has 1 aliphatic carbocycles. The van der Waals surface area contributed by atoms with Gasteiger partial charge in [0, 0.05) is 12.5 Å². The Hall–Kier alpha value is -1.41. The van der Waals surface area contributed by atoms with Gasteiger partial charge in [0.1, 0.15) is 0 Å². The van der Waals surface area contributed by atoms with Crippen molar-refractivity contribution in [3.05, 3.63) is 41.5 Å². The van der Waals surface area contributed by atoms with Crippen molar-refractivity contribution in [1.82, 2.24) is 4.90 Å². The number of Topliss-reactive ketones (excluding diaryl/α,β-unsaturated/α-hetero) is 1. The van der Waals surface area contributed by atoms with Gasteiger partial charge in [-0.25, -0.2) is 0 Å². The molecule has 0 amide bonds. The predicted octanol–water partition coefficient (Wildman–Crippen LogP) is 4.71. The fourth-order valence-corrected chi connectivity index (χ4v) is 3.92. The van der Waals surface area contributed by atoms with Gasteiger partial charge in [-0.3, -0.25) is 4.79 Å². The highest BCUT2D eigenvalue weighted by Crippen LogP contribution is 2.26. The number of hydrogen-bond donors (Lipinski definition) is 0. The molecule has 0 bridgehead atoms. The SMILES string of the molecule is O=C1/C(=C/c2ccccc2)CCCCCC1CN1CCCCC1. The number of likely N-dealkylation sites (tertiary alicyclic amines) is 1. The summed E-state index contributed by atoms with van der Waals surface area (Å²) in [6.45, 7) is 3.34. The lowest BCUT2D eigenvalue weighted by atomic mass is 9.85. The smallest absolute Gasteiger partial charge is 0.163 e. The van der Waals surface area contributed by atoms with E-state index >= 15 is 0 Å². The van der Waals surface area contributed by atoms with Crippen LogP contribution in [0.1, 0.15) is 56.9 Å². The van der Waals surface area contributed by atoms with Crippen LogP contribution in [-0.4, -0.2) is 30.3 Å². The Bertz CT molecular complexity index is 528. The molecule has 0 radical (unpaired) electrons.